The van der Waals surface area contributed by atoms with Crippen molar-refractivity contribution in [2.24, 2.45) is 7.05 Å². The van der Waals surface area contributed by atoms with Crippen molar-refractivity contribution in [2.45, 2.75) is 5.60 Å². The maximum Gasteiger partial charge on any atom is 0.158 e. The standard InChI is InChI=1S/C26H18Cl3N3O/c1-32-15-30-14-22(32)26(33,19-9-10-23(28)31-13-19)18-8-7-17-11-21(27)24(25(29)20(17)12-18)16-5-3-2-4-6-16/h2-15,33H,1H3. The van der Waals surface area contributed by atoms with Gasteiger partial charge in [0.05, 0.1) is 28.3 Å². The van der Waals surface area contributed by atoms with Crippen molar-refractivity contribution in [1.29, 1.82) is 0 Å². The number of hydrogen-bond donors (Lipinski definition) is 1. The molecule has 0 amide bonds. The molecule has 4 nitrogen and oxygen atoms in total. The van der Waals surface area contributed by atoms with E-state index < -0.39 is 5.60 Å². The molecule has 33 heavy (non-hydrogen) atoms. The highest BCUT2D eigenvalue weighted by molar-refractivity contribution is 6.43. The number of pyridine rings is 1. The summed E-state index contributed by atoms with van der Waals surface area (Å²) in [6, 6.07) is 20.7. The SMILES string of the molecule is Cn1cncc1C(O)(c1ccc(Cl)nc1)c1ccc2cc(Cl)c(-c3ccccc3)c(Cl)c2c1. The molecule has 0 aliphatic heterocycles. The first-order chi connectivity index (χ1) is 15.9. The largest absolute Gasteiger partial charge is 0.374 e. The summed E-state index contributed by atoms with van der Waals surface area (Å²) in [7, 11) is 1.83. The van der Waals surface area contributed by atoms with Crippen LogP contribution in [0.15, 0.2) is 85.5 Å². The molecular formula is C26H18Cl3N3O. The van der Waals surface area contributed by atoms with Crippen molar-refractivity contribution in [3.63, 3.8) is 0 Å². The normalized spacial score (nSPS) is 13.2. The number of aliphatic hydroxyl groups is 1. The van der Waals surface area contributed by atoms with Crippen molar-refractivity contribution in [3.8, 4) is 11.1 Å². The molecule has 164 valence electrons. The van der Waals surface area contributed by atoms with Crippen molar-refractivity contribution in [3.05, 3.63) is 117 Å². The maximum atomic E-state index is 12.2. The third kappa shape index (κ3) is 3.69. The Balaban J connectivity index is 1.78. The number of fused-ring (bicyclic) bond motifs is 1. The number of benzene rings is 3. The van der Waals surface area contributed by atoms with Gasteiger partial charge in [0.15, 0.2) is 5.60 Å². The average molecular weight is 495 g/mol. The number of aryl methyl sites for hydroxylation is 1. The summed E-state index contributed by atoms with van der Waals surface area (Å²) in [5.74, 6) is 0. The Morgan fingerprint density at radius 1 is 0.879 bits per heavy atom. The van der Waals surface area contributed by atoms with Crippen LogP contribution >= 0.6 is 34.8 Å². The van der Waals surface area contributed by atoms with Crippen LogP contribution in [0.2, 0.25) is 15.2 Å². The number of rotatable bonds is 4. The topological polar surface area (TPSA) is 50.9 Å². The van der Waals surface area contributed by atoms with Gasteiger partial charge in [-0.05, 0) is 34.7 Å². The Morgan fingerprint density at radius 3 is 2.30 bits per heavy atom. The van der Waals surface area contributed by atoms with Gasteiger partial charge in [0.1, 0.15) is 5.15 Å². The first-order valence-corrected chi connectivity index (χ1v) is 11.3. The second-order valence-corrected chi connectivity index (χ2v) is 8.99. The molecule has 0 bridgehead atoms. The van der Waals surface area contributed by atoms with E-state index in [1.165, 1.54) is 0 Å². The summed E-state index contributed by atoms with van der Waals surface area (Å²) < 4.78 is 1.78. The Kier molecular flexibility index (Phi) is 5.63. The molecule has 0 fully saturated rings. The van der Waals surface area contributed by atoms with Crippen molar-refractivity contribution >= 4 is 45.6 Å². The Morgan fingerprint density at radius 2 is 1.64 bits per heavy atom. The van der Waals surface area contributed by atoms with Crippen LogP contribution in [0.25, 0.3) is 21.9 Å². The summed E-state index contributed by atoms with van der Waals surface area (Å²) in [6.45, 7) is 0. The van der Waals surface area contributed by atoms with E-state index in [0.717, 1.165) is 21.9 Å². The van der Waals surface area contributed by atoms with E-state index in [1.807, 2.05) is 61.6 Å². The van der Waals surface area contributed by atoms with E-state index in [9.17, 15) is 5.11 Å². The molecule has 0 aliphatic carbocycles. The van der Waals surface area contributed by atoms with E-state index in [1.54, 1.807) is 35.4 Å². The van der Waals surface area contributed by atoms with Gasteiger partial charge in [-0.25, -0.2) is 9.97 Å². The maximum absolute atomic E-state index is 12.2. The predicted octanol–water partition coefficient (Wildman–Crippen LogP) is 6.88. The minimum Gasteiger partial charge on any atom is -0.374 e. The first kappa shape index (κ1) is 21.9. The minimum atomic E-state index is -1.53. The van der Waals surface area contributed by atoms with Crippen LogP contribution in [-0.4, -0.2) is 19.6 Å². The van der Waals surface area contributed by atoms with Gasteiger partial charge in [-0.1, -0.05) is 83.3 Å². The zero-order valence-corrected chi connectivity index (χ0v) is 19.8. The number of aromatic nitrogens is 3. The molecule has 0 radical (unpaired) electrons. The predicted molar refractivity (Wildman–Crippen MR) is 134 cm³/mol. The van der Waals surface area contributed by atoms with Crippen LogP contribution in [0.4, 0.5) is 0 Å². The van der Waals surface area contributed by atoms with E-state index in [0.29, 0.717) is 32.0 Å². The zero-order valence-electron chi connectivity index (χ0n) is 17.5. The Hall–Kier alpha value is -2.89. The fourth-order valence-electron chi connectivity index (χ4n) is 4.17. The van der Waals surface area contributed by atoms with Crippen LogP contribution in [0.5, 0.6) is 0 Å². The third-order valence-electron chi connectivity index (χ3n) is 5.84. The average Bonchev–Trinajstić information content (AvgIpc) is 3.26. The molecular weight excluding hydrogens is 477 g/mol. The van der Waals surface area contributed by atoms with Gasteiger partial charge in [-0.3, -0.25) is 0 Å². The highest BCUT2D eigenvalue weighted by Gasteiger charge is 2.37. The molecule has 1 N–H and O–H groups in total. The molecule has 7 heteroatoms. The van der Waals surface area contributed by atoms with Gasteiger partial charge in [-0.15, -0.1) is 0 Å². The molecule has 0 spiro atoms. The lowest BCUT2D eigenvalue weighted by atomic mass is 9.83. The monoisotopic (exact) mass is 493 g/mol. The lowest BCUT2D eigenvalue weighted by Crippen LogP contribution is -2.31. The molecule has 5 aromatic rings. The summed E-state index contributed by atoms with van der Waals surface area (Å²) in [5, 5.41) is 15.2. The first-order valence-electron chi connectivity index (χ1n) is 10.2. The second-order valence-electron chi connectivity index (χ2n) is 7.82. The minimum absolute atomic E-state index is 0.342. The smallest absolute Gasteiger partial charge is 0.158 e. The fraction of sp³-hybridized carbons (Fsp3) is 0.0769. The molecule has 0 saturated heterocycles. The highest BCUT2D eigenvalue weighted by atomic mass is 35.5. The quantitative estimate of drug-likeness (QED) is 0.277. The molecule has 5 rings (SSSR count). The van der Waals surface area contributed by atoms with Crippen LogP contribution in [0.3, 0.4) is 0 Å². The molecule has 1 atom stereocenters. The summed E-state index contributed by atoms with van der Waals surface area (Å²) in [6.07, 6.45) is 4.85. The number of imidazole rings is 1. The lowest BCUT2D eigenvalue weighted by Gasteiger charge is -2.30. The molecule has 0 saturated carbocycles. The molecule has 0 aliphatic rings. The van der Waals surface area contributed by atoms with Gasteiger partial charge in [0.25, 0.3) is 0 Å². The molecule has 1 unspecified atom stereocenters. The number of halogens is 3. The van der Waals surface area contributed by atoms with Gasteiger partial charge < -0.3 is 9.67 Å². The summed E-state index contributed by atoms with van der Waals surface area (Å²) >= 11 is 19.5. The molecule has 2 heterocycles. The van der Waals surface area contributed by atoms with Gasteiger partial charge in [-0.2, -0.15) is 0 Å². The van der Waals surface area contributed by atoms with Gasteiger partial charge >= 0.3 is 0 Å². The van der Waals surface area contributed by atoms with E-state index in [2.05, 4.69) is 9.97 Å². The second kappa shape index (κ2) is 8.47. The third-order valence-corrected chi connectivity index (χ3v) is 6.76. The van der Waals surface area contributed by atoms with Crippen LogP contribution in [0, 0.1) is 0 Å². The molecule has 2 aromatic heterocycles. The van der Waals surface area contributed by atoms with E-state index in [4.69, 9.17) is 34.8 Å². The van der Waals surface area contributed by atoms with E-state index >= 15 is 0 Å². The number of hydrogen-bond acceptors (Lipinski definition) is 3. The Bertz CT molecular complexity index is 1470. The highest BCUT2D eigenvalue weighted by Crippen LogP contribution is 2.43. The van der Waals surface area contributed by atoms with Crippen LogP contribution < -0.4 is 0 Å². The van der Waals surface area contributed by atoms with Crippen molar-refractivity contribution in [1.82, 2.24) is 14.5 Å². The zero-order chi connectivity index (χ0) is 23.2. The Labute approximate surface area is 206 Å². The fourth-order valence-corrected chi connectivity index (χ4v) is 5.03. The summed E-state index contributed by atoms with van der Waals surface area (Å²) in [5.41, 5.74) is 1.89. The molecule has 3 aromatic carbocycles. The number of nitrogens with zero attached hydrogens (tertiary/aromatic N) is 3. The van der Waals surface area contributed by atoms with Gasteiger partial charge in [0.2, 0.25) is 0 Å². The van der Waals surface area contributed by atoms with Crippen LogP contribution in [-0.2, 0) is 12.6 Å². The van der Waals surface area contributed by atoms with Crippen molar-refractivity contribution in [2.75, 3.05) is 0 Å². The van der Waals surface area contributed by atoms with Crippen molar-refractivity contribution < 1.29 is 5.11 Å². The van der Waals surface area contributed by atoms with E-state index in [-0.39, 0.29) is 0 Å². The lowest BCUT2D eigenvalue weighted by molar-refractivity contribution is 0.117. The summed E-state index contributed by atoms with van der Waals surface area (Å²) in [4.78, 5) is 8.40. The van der Waals surface area contributed by atoms with Crippen LogP contribution in [0.1, 0.15) is 16.8 Å². The van der Waals surface area contributed by atoms with Gasteiger partial charge in [0, 0.05) is 29.8 Å².